The van der Waals surface area contributed by atoms with Crippen LogP contribution in [-0.4, -0.2) is 13.2 Å². The molecule has 2 nitrogen and oxygen atoms in total. The molecular formula is C12H18ClNO. The highest BCUT2D eigenvalue weighted by Gasteiger charge is 2.07. The van der Waals surface area contributed by atoms with Crippen molar-refractivity contribution in [3.63, 3.8) is 0 Å². The van der Waals surface area contributed by atoms with Crippen LogP contribution in [-0.2, 0) is 6.42 Å². The highest BCUT2D eigenvalue weighted by atomic mass is 35.5. The highest BCUT2D eigenvalue weighted by molar-refractivity contribution is 6.32. The summed E-state index contributed by atoms with van der Waals surface area (Å²) in [5.41, 5.74) is 6.63. The van der Waals surface area contributed by atoms with Gasteiger partial charge in [0.2, 0.25) is 0 Å². The summed E-state index contributed by atoms with van der Waals surface area (Å²) in [4.78, 5) is 0. The lowest BCUT2D eigenvalue weighted by Crippen LogP contribution is -2.06. The van der Waals surface area contributed by atoms with E-state index in [1.807, 2.05) is 18.2 Å². The van der Waals surface area contributed by atoms with Gasteiger partial charge in [-0.25, -0.2) is 0 Å². The van der Waals surface area contributed by atoms with Crippen LogP contribution in [0.3, 0.4) is 0 Å². The van der Waals surface area contributed by atoms with Crippen molar-refractivity contribution in [1.29, 1.82) is 0 Å². The average Bonchev–Trinajstić information content (AvgIpc) is 2.23. The van der Waals surface area contributed by atoms with Gasteiger partial charge in [-0.15, -0.1) is 0 Å². The molecule has 0 aliphatic carbocycles. The van der Waals surface area contributed by atoms with Crippen molar-refractivity contribution >= 4 is 11.6 Å². The minimum atomic E-state index is 0.616. The second-order valence-electron chi connectivity index (χ2n) is 3.47. The van der Waals surface area contributed by atoms with Crippen molar-refractivity contribution in [3.05, 3.63) is 28.8 Å². The van der Waals surface area contributed by atoms with Gasteiger partial charge in [-0.2, -0.15) is 0 Å². The predicted molar refractivity (Wildman–Crippen MR) is 64.6 cm³/mol. The molecule has 1 rings (SSSR count). The molecule has 84 valence electrons. The van der Waals surface area contributed by atoms with Gasteiger partial charge in [-0.3, -0.25) is 0 Å². The molecule has 0 heterocycles. The fourth-order valence-corrected chi connectivity index (χ4v) is 1.63. The molecule has 0 spiro atoms. The van der Waals surface area contributed by atoms with Crippen molar-refractivity contribution in [2.75, 3.05) is 13.2 Å². The Hall–Kier alpha value is -0.730. The Morgan fingerprint density at radius 1 is 1.40 bits per heavy atom. The summed E-state index contributed by atoms with van der Waals surface area (Å²) in [7, 11) is 0. The number of ether oxygens (including phenoxy) is 1. The summed E-state index contributed by atoms with van der Waals surface area (Å²) < 4.78 is 5.67. The van der Waals surface area contributed by atoms with E-state index in [2.05, 4.69) is 6.92 Å². The minimum absolute atomic E-state index is 0.616. The first-order valence-corrected chi connectivity index (χ1v) is 5.77. The number of halogens is 1. The smallest absolute Gasteiger partial charge is 0.141 e. The summed E-state index contributed by atoms with van der Waals surface area (Å²) in [6.07, 6.45) is 2.98. The van der Waals surface area contributed by atoms with Gasteiger partial charge in [0.15, 0.2) is 0 Å². The van der Waals surface area contributed by atoms with Crippen molar-refractivity contribution < 1.29 is 4.74 Å². The summed E-state index contributed by atoms with van der Waals surface area (Å²) in [5.74, 6) is 0.804. The predicted octanol–water partition coefficient (Wildman–Crippen LogP) is 3.02. The SMILES string of the molecule is CCCCOc1c(Cl)cccc1CCN. The van der Waals surface area contributed by atoms with Gasteiger partial charge in [-0.1, -0.05) is 37.1 Å². The van der Waals surface area contributed by atoms with Crippen LogP contribution in [0.1, 0.15) is 25.3 Å². The molecule has 0 saturated carbocycles. The molecule has 15 heavy (non-hydrogen) atoms. The Kier molecular flexibility index (Phi) is 5.51. The summed E-state index contributed by atoms with van der Waals surface area (Å²) in [6.45, 7) is 3.47. The quantitative estimate of drug-likeness (QED) is 0.759. The third kappa shape index (κ3) is 3.73. The standard InChI is InChI=1S/C12H18ClNO/c1-2-3-9-15-12-10(7-8-14)5-4-6-11(12)13/h4-6H,2-3,7-9,14H2,1H3. The van der Waals surface area contributed by atoms with Gasteiger partial charge in [0, 0.05) is 0 Å². The molecule has 0 saturated heterocycles. The third-order valence-electron chi connectivity index (χ3n) is 2.21. The number of rotatable bonds is 6. The molecule has 3 heteroatoms. The zero-order valence-electron chi connectivity index (χ0n) is 9.13. The van der Waals surface area contributed by atoms with E-state index in [0.29, 0.717) is 11.6 Å². The van der Waals surface area contributed by atoms with Crippen LogP contribution in [0, 0.1) is 0 Å². The molecule has 0 unspecified atom stereocenters. The van der Waals surface area contributed by atoms with E-state index in [0.717, 1.165) is 37.2 Å². The maximum Gasteiger partial charge on any atom is 0.141 e. The lowest BCUT2D eigenvalue weighted by molar-refractivity contribution is 0.306. The molecule has 0 aliphatic rings. The summed E-state index contributed by atoms with van der Waals surface area (Å²) >= 11 is 6.08. The molecular weight excluding hydrogens is 210 g/mol. The summed E-state index contributed by atoms with van der Waals surface area (Å²) in [5, 5.41) is 0.678. The Balaban J connectivity index is 2.72. The fraction of sp³-hybridized carbons (Fsp3) is 0.500. The van der Waals surface area contributed by atoms with Gasteiger partial charge < -0.3 is 10.5 Å². The highest BCUT2D eigenvalue weighted by Crippen LogP contribution is 2.29. The van der Waals surface area contributed by atoms with Crippen molar-refractivity contribution in [1.82, 2.24) is 0 Å². The van der Waals surface area contributed by atoms with Crippen molar-refractivity contribution in [2.24, 2.45) is 5.73 Å². The zero-order valence-corrected chi connectivity index (χ0v) is 9.89. The van der Waals surface area contributed by atoms with E-state index in [-0.39, 0.29) is 0 Å². The van der Waals surface area contributed by atoms with E-state index in [4.69, 9.17) is 22.1 Å². The van der Waals surface area contributed by atoms with Crippen LogP contribution in [0.15, 0.2) is 18.2 Å². The molecule has 1 aromatic carbocycles. The molecule has 0 radical (unpaired) electrons. The Morgan fingerprint density at radius 2 is 2.20 bits per heavy atom. The molecule has 0 atom stereocenters. The van der Waals surface area contributed by atoms with E-state index < -0.39 is 0 Å². The van der Waals surface area contributed by atoms with Crippen molar-refractivity contribution in [2.45, 2.75) is 26.2 Å². The van der Waals surface area contributed by atoms with Gasteiger partial charge in [0.1, 0.15) is 5.75 Å². The molecule has 0 aromatic heterocycles. The van der Waals surface area contributed by atoms with Crippen LogP contribution in [0.2, 0.25) is 5.02 Å². The number of hydrogen-bond acceptors (Lipinski definition) is 2. The van der Waals surface area contributed by atoms with E-state index in [9.17, 15) is 0 Å². The largest absolute Gasteiger partial charge is 0.492 e. The second-order valence-corrected chi connectivity index (χ2v) is 3.88. The molecule has 1 aromatic rings. The van der Waals surface area contributed by atoms with Crippen LogP contribution >= 0.6 is 11.6 Å². The number of hydrogen-bond donors (Lipinski definition) is 1. The monoisotopic (exact) mass is 227 g/mol. The zero-order chi connectivity index (χ0) is 11.1. The average molecular weight is 228 g/mol. The Labute approximate surface area is 96.4 Å². The van der Waals surface area contributed by atoms with E-state index in [1.165, 1.54) is 0 Å². The van der Waals surface area contributed by atoms with Crippen LogP contribution in [0.4, 0.5) is 0 Å². The van der Waals surface area contributed by atoms with Crippen LogP contribution < -0.4 is 10.5 Å². The number of para-hydroxylation sites is 1. The van der Waals surface area contributed by atoms with E-state index >= 15 is 0 Å². The first kappa shape index (κ1) is 12.3. The molecule has 2 N–H and O–H groups in total. The Morgan fingerprint density at radius 3 is 2.87 bits per heavy atom. The topological polar surface area (TPSA) is 35.2 Å². The second kappa shape index (κ2) is 6.70. The number of benzene rings is 1. The molecule has 0 bridgehead atoms. The third-order valence-corrected chi connectivity index (χ3v) is 2.50. The number of nitrogens with two attached hydrogens (primary N) is 1. The first-order chi connectivity index (χ1) is 7.29. The minimum Gasteiger partial charge on any atom is -0.492 e. The lowest BCUT2D eigenvalue weighted by Gasteiger charge is -2.12. The lowest BCUT2D eigenvalue weighted by atomic mass is 10.1. The van der Waals surface area contributed by atoms with Crippen molar-refractivity contribution in [3.8, 4) is 5.75 Å². The van der Waals surface area contributed by atoms with Gasteiger partial charge in [0.25, 0.3) is 0 Å². The normalized spacial score (nSPS) is 10.3. The maximum absolute atomic E-state index is 6.08. The molecule has 0 aliphatic heterocycles. The Bertz CT molecular complexity index is 302. The first-order valence-electron chi connectivity index (χ1n) is 5.39. The number of unbranched alkanes of at least 4 members (excludes halogenated alkanes) is 1. The fourth-order valence-electron chi connectivity index (χ4n) is 1.39. The summed E-state index contributed by atoms with van der Waals surface area (Å²) in [6, 6.07) is 5.79. The maximum atomic E-state index is 6.08. The van der Waals surface area contributed by atoms with Gasteiger partial charge in [-0.05, 0) is 31.0 Å². The van der Waals surface area contributed by atoms with Crippen LogP contribution in [0.25, 0.3) is 0 Å². The van der Waals surface area contributed by atoms with Gasteiger partial charge in [0.05, 0.1) is 11.6 Å². The van der Waals surface area contributed by atoms with Crippen LogP contribution in [0.5, 0.6) is 5.75 Å². The van der Waals surface area contributed by atoms with E-state index in [1.54, 1.807) is 0 Å². The molecule has 0 fully saturated rings. The molecule has 0 amide bonds. The van der Waals surface area contributed by atoms with Gasteiger partial charge >= 0.3 is 0 Å².